The number of hydrogen-bond acceptors (Lipinski definition) is 2. The van der Waals surface area contributed by atoms with Crippen LogP contribution in [0, 0.1) is 5.41 Å². The van der Waals surface area contributed by atoms with Gasteiger partial charge in [-0.05, 0) is 25.3 Å². The van der Waals surface area contributed by atoms with E-state index in [1.165, 1.54) is 0 Å². The number of nitrogens with two attached hydrogens (primary N) is 1. The molecule has 2 N–H and O–H groups in total. The van der Waals surface area contributed by atoms with Crippen LogP contribution in [-0.2, 0) is 0 Å². The van der Waals surface area contributed by atoms with Crippen LogP contribution in [-0.4, -0.2) is 30.6 Å². The predicted octanol–water partition coefficient (Wildman–Crippen LogP) is 1.62. The lowest BCUT2D eigenvalue weighted by Crippen LogP contribution is -2.52. The largest absolute Gasteiger partial charge is 0.327 e. The van der Waals surface area contributed by atoms with Crippen LogP contribution in [0.4, 0.5) is 0 Å². The fourth-order valence-electron chi connectivity index (χ4n) is 1.90. The summed E-state index contributed by atoms with van der Waals surface area (Å²) in [7, 11) is 0. The molecule has 1 rings (SSSR count). The second-order valence-electron chi connectivity index (χ2n) is 4.69. The Morgan fingerprint density at radius 3 is 2.77 bits per heavy atom. The fraction of sp³-hybridized carbons (Fsp3) is 0.818. The molecule has 2 heteroatoms. The Kier molecular flexibility index (Phi) is 3.51. The maximum absolute atomic E-state index is 6.06. The van der Waals surface area contributed by atoms with Gasteiger partial charge < -0.3 is 5.73 Å². The van der Waals surface area contributed by atoms with Gasteiger partial charge in [0, 0.05) is 19.1 Å². The molecular weight excluding hydrogens is 160 g/mol. The van der Waals surface area contributed by atoms with Crippen LogP contribution in [0.15, 0.2) is 12.2 Å². The lowest BCUT2D eigenvalue weighted by molar-refractivity contribution is 0.105. The SMILES string of the molecule is C/C=C/CN1CCC(N)C(C)(C)C1. The van der Waals surface area contributed by atoms with Crippen molar-refractivity contribution >= 4 is 0 Å². The normalized spacial score (nSPS) is 29.7. The van der Waals surface area contributed by atoms with E-state index in [2.05, 4.69) is 37.8 Å². The Labute approximate surface area is 81.8 Å². The summed E-state index contributed by atoms with van der Waals surface area (Å²) >= 11 is 0. The quantitative estimate of drug-likeness (QED) is 0.658. The van der Waals surface area contributed by atoms with Crippen LogP contribution in [0.3, 0.4) is 0 Å². The minimum absolute atomic E-state index is 0.278. The van der Waals surface area contributed by atoms with Crippen LogP contribution in [0.1, 0.15) is 27.2 Å². The Balaban J connectivity index is 2.46. The van der Waals surface area contributed by atoms with Crippen LogP contribution in [0.2, 0.25) is 0 Å². The average molecular weight is 182 g/mol. The lowest BCUT2D eigenvalue weighted by Gasteiger charge is -2.42. The number of rotatable bonds is 2. The molecule has 1 aliphatic heterocycles. The van der Waals surface area contributed by atoms with Crippen LogP contribution >= 0.6 is 0 Å². The molecule has 0 aromatic carbocycles. The Morgan fingerprint density at radius 1 is 1.54 bits per heavy atom. The van der Waals surface area contributed by atoms with Gasteiger partial charge in [-0.2, -0.15) is 0 Å². The maximum Gasteiger partial charge on any atom is 0.0163 e. The van der Waals surface area contributed by atoms with Crippen LogP contribution in [0.5, 0.6) is 0 Å². The van der Waals surface area contributed by atoms with E-state index in [1.807, 2.05) is 0 Å². The van der Waals surface area contributed by atoms with E-state index in [-0.39, 0.29) is 5.41 Å². The van der Waals surface area contributed by atoms with E-state index in [4.69, 9.17) is 5.73 Å². The summed E-state index contributed by atoms with van der Waals surface area (Å²) in [5, 5.41) is 0. The number of likely N-dealkylation sites (tertiary alicyclic amines) is 1. The highest BCUT2D eigenvalue weighted by molar-refractivity contribution is 4.92. The zero-order chi connectivity index (χ0) is 9.90. The zero-order valence-electron chi connectivity index (χ0n) is 9.09. The second-order valence-corrected chi connectivity index (χ2v) is 4.69. The fourth-order valence-corrected chi connectivity index (χ4v) is 1.90. The van der Waals surface area contributed by atoms with Gasteiger partial charge in [0.05, 0.1) is 0 Å². The van der Waals surface area contributed by atoms with Crippen molar-refractivity contribution < 1.29 is 0 Å². The van der Waals surface area contributed by atoms with Gasteiger partial charge in [0.15, 0.2) is 0 Å². The van der Waals surface area contributed by atoms with Crippen molar-refractivity contribution in [3.05, 3.63) is 12.2 Å². The van der Waals surface area contributed by atoms with Gasteiger partial charge in [-0.15, -0.1) is 0 Å². The Bertz CT molecular complexity index is 185. The monoisotopic (exact) mass is 182 g/mol. The van der Waals surface area contributed by atoms with Crippen molar-refractivity contribution in [3.8, 4) is 0 Å². The molecule has 0 spiro atoms. The van der Waals surface area contributed by atoms with Crippen molar-refractivity contribution in [1.29, 1.82) is 0 Å². The van der Waals surface area contributed by atoms with Gasteiger partial charge >= 0.3 is 0 Å². The molecule has 76 valence electrons. The minimum atomic E-state index is 0.278. The smallest absolute Gasteiger partial charge is 0.0163 e. The number of allylic oxidation sites excluding steroid dienone is 1. The van der Waals surface area contributed by atoms with Crippen molar-refractivity contribution in [2.24, 2.45) is 11.1 Å². The Hall–Kier alpha value is -0.340. The first-order chi connectivity index (χ1) is 6.06. The predicted molar refractivity (Wildman–Crippen MR) is 57.6 cm³/mol. The first-order valence-corrected chi connectivity index (χ1v) is 5.15. The van der Waals surface area contributed by atoms with Crippen LogP contribution in [0.25, 0.3) is 0 Å². The molecule has 1 fully saturated rings. The van der Waals surface area contributed by atoms with Crippen molar-refractivity contribution in [2.45, 2.75) is 33.2 Å². The highest BCUT2D eigenvalue weighted by atomic mass is 15.1. The van der Waals surface area contributed by atoms with Gasteiger partial charge in [0.2, 0.25) is 0 Å². The van der Waals surface area contributed by atoms with Gasteiger partial charge in [-0.25, -0.2) is 0 Å². The summed E-state index contributed by atoms with van der Waals surface area (Å²) in [6.07, 6.45) is 5.46. The first kappa shape index (κ1) is 10.7. The summed E-state index contributed by atoms with van der Waals surface area (Å²) in [4.78, 5) is 2.48. The summed E-state index contributed by atoms with van der Waals surface area (Å²) in [5.41, 5.74) is 6.34. The number of hydrogen-bond donors (Lipinski definition) is 1. The summed E-state index contributed by atoms with van der Waals surface area (Å²) < 4.78 is 0. The van der Waals surface area contributed by atoms with Crippen LogP contribution < -0.4 is 5.73 Å². The Morgan fingerprint density at radius 2 is 2.23 bits per heavy atom. The molecule has 1 saturated heterocycles. The maximum atomic E-state index is 6.06. The molecule has 1 aliphatic rings. The van der Waals surface area contributed by atoms with E-state index in [0.717, 1.165) is 26.1 Å². The average Bonchev–Trinajstić information content (AvgIpc) is 2.07. The van der Waals surface area contributed by atoms with E-state index in [1.54, 1.807) is 0 Å². The summed E-state index contributed by atoms with van der Waals surface area (Å²) in [6, 6.07) is 0.370. The molecule has 0 saturated carbocycles. The first-order valence-electron chi connectivity index (χ1n) is 5.15. The molecule has 0 aliphatic carbocycles. The van der Waals surface area contributed by atoms with E-state index in [0.29, 0.717) is 6.04 Å². The van der Waals surface area contributed by atoms with Gasteiger partial charge in [-0.3, -0.25) is 4.90 Å². The molecule has 1 unspecified atom stereocenters. The topological polar surface area (TPSA) is 29.3 Å². The number of nitrogens with zero attached hydrogens (tertiary/aromatic N) is 1. The molecule has 0 amide bonds. The third kappa shape index (κ3) is 2.82. The van der Waals surface area contributed by atoms with Gasteiger partial charge in [0.1, 0.15) is 0 Å². The molecule has 1 atom stereocenters. The lowest BCUT2D eigenvalue weighted by atomic mass is 9.80. The zero-order valence-corrected chi connectivity index (χ0v) is 9.09. The molecule has 0 aromatic heterocycles. The van der Waals surface area contributed by atoms with Gasteiger partial charge in [0.25, 0.3) is 0 Å². The third-order valence-corrected chi connectivity index (χ3v) is 2.99. The summed E-state index contributed by atoms with van der Waals surface area (Å²) in [6.45, 7) is 9.94. The minimum Gasteiger partial charge on any atom is -0.327 e. The molecular formula is C11H22N2. The van der Waals surface area contributed by atoms with E-state index in [9.17, 15) is 0 Å². The second kappa shape index (κ2) is 4.25. The number of piperidine rings is 1. The molecule has 0 bridgehead atoms. The molecule has 1 heterocycles. The van der Waals surface area contributed by atoms with E-state index < -0.39 is 0 Å². The molecule has 13 heavy (non-hydrogen) atoms. The molecule has 0 aromatic rings. The van der Waals surface area contributed by atoms with Crippen molar-refractivity contribution in [2.75, 3.05) is 19.6 Å². The molecule has 2 nitrogen and oxygen atoms in total. The van der Waals surface area contributed by atoms with Crippen molar-refractivity contribution in [3.63, 3.8) is 0 Å². The molecule has 0 radical (unpaired) electrons. The van der Waals surface area contributed by atoms with E-state index >= 15 is 0 Å². The highest BCUT2D eigenvalue weighted by Gasteiger charge is 2.32. The standard InChI is InChI=1S/C11H22N2/c1-4-5-7-13-8-6-10(12)11(2,3)9-13/h4-5,10H,6-9,12H2,1-3H3/b5-4+. The summed E-state index contributed by atoms with van der Waals surface area (Å²) in [5.74, 6) is 0. The van der Waals surface area contributed by atoms with Crippen molar-refractivity contribution in [1.82, 2.24) is 4.90 Å². The third-order valence-electron chi connectivity index (χ3n) is 2.99. The highest BCUT2D eigenvalue weighted by Crippen LogP contribution is 2.27. The van der Waals surface area contributed by atoms with Gasteiger partial charge in [-0.1, -0.05) is 26.0 Å².